The van der Waals surface area contributed by atoms with Crippen LogP contribution in [-0.4, -0.2) is 9.61 Å². The molecule has 1 fully saturated rings. The predicted molar refractivity (Wildman–Crippen MR) is 64.6 cm³/mol. The number of aryl methyl sites for hydroxylation is 1. The molecular weight excluding hydrogens is 275 g/mol. The van der Waals surface area contributed by atoms with Crippen molar-refractivity contribution in [2.45, 2.75) is 25.7 Å². The molecule has 0 saturated heterocycles. The number of aromatic nitrogens is 2. The zero-order valence-electron chi connectivity index (χ0n) is 8.30. The molecule has 0 spiro atoms. The van der Waals surface area contributed by atoms with Crippen LogP contribution in [0.2, 0.25) is 5.02 Å². The van der Waals surface area contributed by atoms with Crippen LogP contribution < -0.4 is 0 Å². The summed E-state index contributed by atoms with van der Waals surface area (Å²) >= 11 is 9.68. The Labute approximate surface area is 101 Å². The van der Waals surface area contributed by atoms with Crippen molar-refractivity contribution in [3.05, 3.63) is 33.0 Å². The number of fused-ring (bicyclic) bond motifs is 1. The Balaban J connectivity index is 2.39. The maximum absolute atomic E-state index is 6.14. The minimum atomic E-state index is 0.732. The fourth-order valence-electron chi connectivity index (χ4n) is 2.08. The molecule has 0 amide bonds. The van der Waals surface area contributed by atoms with E-state index in [9.17, 15) is 0 Å². The monoisotopic (exact) mass is 284 g/mol. The van der Waals surface area contributed by atoms with Crippen LogP contribution in [0, 0.1) is 6.92 Å². The summed E-state index contributed by atoms with van der Waals surface area (Å²) in [6, 6.07) is 2.17. The molecule has 2 nitrogen and oxygen atoms in total. The number of hydrogen-bond donors (Lipinski definition) is 0. The molecular formula is C11H10BrClN2. The molecule has 0 N–H and O–H groups in total. The Morgan fingerprint density at radius 1 is 1.53 bits per heavy atom. The fraction of sp³-hybridized carbons (Fsp3) is 0.364. The number of halogens is 2. The Morgan fingerprint density at radius 3 is 2.93 bits per heavy atom. The highest BCUT2D eigenvalue weighted by Gasteiger charge is 2.27. The third-order valence-electron chi connectivity index (χ3n) is 3.01. The highest BCUT2D eigenvalue weighted by atomic mass is 79.9. The van der Waals surface area contributed by atoms with Gasteiger partial charge in [-0.3, -0.25) is 0 Å². The van der Waals surface area contributed by atoms with Gasteiger partial charge in [0.1, 0.15) is 4.60 Å². The molecule has 0 radical (unpaired) electrons. The smallest absolute Gasteiger partial charge is 0.108 e. The Hall–Kier alpha value is -0.540. The molecule has 2 heterocycles. The van der Waals surface area contributed by atoms with Crippen molar-refractivity contribution in [1.29, 1.82) is 0 Å². The zero-order valence-corrected chi connectivity index (χ0v) is 10.6. The highest BCUT2D eigenvalue weighted by molar-refractivity contribution is 9.10. The first-order valence-electron chi connectivity index (χ1n) is 5.00. The van der Waals surface area contributed by atoms with E-state index in [1.54, 1.807) is 6.20 Å². The lowest BCUT2D eigenvalue weighted by Gasteiger charge is -2.08. The van der Waals surface area contributed by atoms with Gasteiger partial charge in [-0.05, 0) is 58.8 Å². The largest absolute Gasteiger partial charge is 0.225 e. The molecule has 0 unspecified atom stereocenters. The Morgan fingerprint density at radius 2 is 2.27 bits per heavy atom. The first kappa shape index (κ1) is 9.67. The summed E-state index contributed by atoms with van der Waals surface area (Å²) in [6.07, 6.45) is 4.30. The third kappa shape index (κ3) is 1.41. The van der Waals surface area contributed by atoms with Gasteiger partial charge < -0.3 is 0 Å². The summed E-state index contributed by atoms with van der Waals surface area (Å²) in [7, 11) is 0. The molecule has 78 valence electrons. The van der Waals surface area contributed by atoms with E-state index in [0.717, 1.165) is 21.1 Å². The van der Waals surface area contributed by atoms with E-state index in [2.05, 4.69) is 34.0 Å². The molecule has 4 heteroatoms. The summed E-state index contributed by atoms with van der Waals surface area (Å²) in [5.74, 6) is 0.734. The standard InChI is InChI=1S/C11H10BrClN2/c1-6-8(7-2-3-7)4-10(12)15-11(6)9(13)5-14-15/h4-5,7H,2-3H2,1H3. The molecule has 2 aromatic rings. The average molecular weight is 286 g/mol. The van der Waals surface area contributed by atoms with Gasteiger partial charge in [0.2, 0.25) is 0 Å². The molecule has 0 atom stereocenters. The number of pyridine rings is 1. The van der Waals surface area contributed by atoms with E-state index in [1.807, 2.05) is 4.52 Å². The maximum Gasteiger partial charge on any atom is 0.108 e. The van der Waals surface area contributed by atoms with Crippen LogP contribution in [0.1, 0.15) is 29.9 Å². The molecule has 2 aromatic heterocycles. The molecule has 3 rings (SSSR count). The van der Waals surface area contributed by atoms with Crippen LogP contribution in [0.25, 0.3) is 5.52 Å². The molecule has 0 aliphatic heterocycles. The number of nitrogens with zero attached hydrogens (tertiary/aromatic N) is 2. The van der Waals surface area contributed by atoms with Gasteiger partial charge in [-0.25, -0.2) is 4.52 Å². The molecule has 1 aliphatic carbocycles. The van der Waals surface area contributed by atoms with Crippen LogP contribution in [0.3, 0.4) is 0 Å². The van der Waals surface area contributed by atoms with Gasteiger partial charge in [0.25, 0.3) is 0 Å². The predicted octanol–water partition coefficient (Wildman–Crippen LogP) is 3.94. The molecule has 1 aliphatic rings. The fourth-order valence-corrected chi connectivity index (χ4v) is 2.86. The van der Waals surface area contributed by atoms with Gasteiger partial charge in [-0.15, -0.1) is 0 Å². The quantitative estimate of drug-likeness (QED) is 0.726. The van der Waals surface area contributed by atoms with Gasteiger partial charge in [0, 0.05) is 0 Å². The first-order chi connectivity index (χ1) is 7.18. The second kappa shape index (κ2) is 3.22. The maximum atomic E-state index is 6.14. The van der Waals surface area contributed by atoms with Crippen molar-refractivity contribution in [1.82, 2.24) is 9.61 Å². The van der Waals surface area contributed by atoms with Crippen molar-refractivity contribution in [2.75, 3.05) is 0 Å². The summed E-state index contributed by atoms with van der Waals surface area (Å²) in [5, 5.41) is 4.97. The molecule has 0 bridgehead atoms. The average Bonchev–Trinajstić information content (AvgIpc) is 2.96. The van der Waals surface area contributed by atoms with Gasteiger partial charge in [-0.2, -0.15) is 5.10 Å². The third-order valence-corrected chi connectivity index (χ3v) is 3.85. The number of rotatable bonds is 1. The summed E-state index contributed by atoms with van der Waals surface area (Å²) in [4.78, 5) is 0. The van der Waals surface area contributed by atoms with Gasteiger partial charge in [0.05, 0.1) is 16.7 Å². The normalized spacial score (nSPS) is 16.2. The van der Waals surface area contributed by atoms with E-state index in [-0.39, 0.29) is 0 Å². The SMILES string of the molecule is Cc1c(C2CC2)cc(Br)n2ncc(Cl)c12. The van der Waals surface area contributed by atoms with Crippen LogP contribution in [0.15, 0.2) is 16.9 Å². The van der Waals surface area contributed by atoms with Crippen LogP contribution in [0.5, 0.6) is 0 Å². The molecule has 15 heavy (non-hydrogen) atoms. The Bertz CT molecular complexity index is 543. The minimum absolute atomic E-state index is 0.732. The lowest BCUT2D eigenvalue weighted by atomic mass is 10.1. The van der Waals surface area contributed by atoms with Crippen LogP contribution in [0.4, 0.5) is 0 Å². The first-order valence-corrected chi connectivity index (χ1v) is 6.18. The van der Waals surface area contributed by atoms with Crippen LogP contribution in [-0.2, 0) is 0 Å². The van der Waals surface area contributed by atoms with Crippen LogP contribution >= 0.6 is 27.5 Å². The van der Waals surface area contributed by atoms with Gasteiger partial charge in [0.15, 0.2) is 0 Å². The summed E-state index contributed by atoms with van der Waals surface area (Å²) in [6.45, 7) is 2.13. The Kier molecular flexibility index (Phi) is 2.08. The molecule has 1 saturated carbocycles. The van der Waals surface area contributed by atoms with E-state index in [1.165, 1.54) is 24.0 Å². The lowest BCUT2D eigenvalue weighted by Crippen LogP contribution is -1.96. The summed E-state index contributed by atoms with van der Waals surface area (Å²) < 4.78 is 2.83. The molecule has 0 aromatic carbocycles. The van der Waals surface area contributed by atoms with E-state index in [0.29, 0.717) is 0 Å². The highest BCUT2D eigenvalue weighted by Crippen LogP contribution is 2.44. The van der Waals surface area contributed by atoms with Gasteiger partial charge >= 0.3 is 0 Å². The van der Waals surface area contributed by atoms with Crippen molar-refractivity contribution in [3.63, 3.8) is 0 Å². The van der Waals surface area contributed by atoms with Crippen molar-refractivity contribution < 1.29 is 0 Å². The van der Waals surface area contributed by atoms with Crippen molar-refractivity contribution in [2.24, 2.45) is 0 Å². The van der Waals surface area contributed by atoms with Gasteiger partial charge in [-0.1, -0.05) is 11.6 Å². The van der Waals surface area contributed by atoms with E-state index >= 15 is 0 Å². The van der Waals surface area contributed by atoms with Crippen molar-refractivity contribution in [3.8, 4) is 0 Å². The van der Waals surface area contributed by atoms with Crippen molar-refractivity contribution >= 4 is 33.0 Å². The second-order valence-corrected chi connectivity index (χ2v) is 5.29. The zero-order chi connectivity index (χ0) is 10.6. The summed E-state index contributed by atoms with van der Waals surface area (Å²) in [5.41, 5.74) is 3.72. The lowest BCUT2D eigenvalue weighted by molar-refractivity contribution is 0.916. The minimum Gasteiger partial charge on any atom is -0.225 e. The second-order valence-electron chi connectivity index (χ2n) is 4.07. The van der Waals surface area contributed by atoms with E-state index < -0.39 is 0 Å². The topological polar surface area (TPSA) is 17.3 Å². The van der Waals surface area contributed by atoms with E-state index in [4.69, 9.17) is 11.6 Å². The number of hydrogen-bond acceptors (Lipinski definition) is 1.